The fourth-order valence-electron chi connectivity index (χ4n) is 3.16. The number of piperazine rings is 1. The van der Waals surface area contributed by atoms with Gasteiger partial charge in [0.1, 0.15) is 6.61 Å². The van der Waals surface area contributed by atoms with Gasteiger partial charge in [-0.1, -0.05) is 29.8 Å². The molecule has 1 N–H and O–H groups in total. The largest absolute Gasteiger partial charge is 0.493 e. The molecule has 3 rings (SSSR count). The molecule has 1 aliphatic heterocycles. The summed E-state index contributed by atoms with van der Waals surface area (Å²) in [4.78, 5) is 14.3. The van der Waals surface area contributed by atoms with Gasteiger partial charge in [0, 0.05) is 26.2 Å². The smallest absolute Gasteiger partial charge is 0.317 e. The monoisotopic (exact) mass is 433 g/mol. The Morgan fingerprint density at radius 1 is 1.00 bits per heavy atom. The first-order valence-electron chi connectivity index (χ1n) is 9.77. The molecule has 1 aliphatic rings. The number of para-hydroxylation sites is 2. The number of aryl methyl sites for hydroxylation is 1. The normalized spacial score (nSPS) is 14.9. The van der Waals surface area contributed by atoms with Crippen LogP contribution in [0.1, 0.15) is 5.56 Å². The van der Waals surface area contributed by atoms with Crippen molar-refractivity contribution in [1.82, 2.24) is 14.5 Å². The Hall–Kier alpha value is -2.78. The number of hydrogen-bond acceptors (Lipinski definition) is 5. The van der Waals surface area contributed by atoms with Crippen molar-refractivity contribution < 1.29 is 22.7 Å². The van der Waals surface area contributed by atoms with Gasteiger partial charge in [-0.2, -0.15) is 4.31 Å². The Balaban J connectivity index is 1.44. The quantitative estimate of drug-likeness (QED) is 0.676. The molecule has 8 nitrogen and oxygen atoms in total. The summed E-state index contributed by atoms with van der Waals surface area (Å²) in [6.45, 7) is 3.75. The third-order valence-corrected chi connectivity index (χ3v) is 6.80. The maximum absolute atomic E-state index is 12.8. The number of carbonyl (C=O) groups is 1. The van der Waals surface area contributed by atoms with E-state index in [9.17, 15) is 13.2 Å². The number of sulfonamides is 1. The van der Waals surface area contributed by atoms with Crippen LogP contribution in [-0.2, 0) is 10.0 Å². The highest BCUT2D eigenvalue weighted by Crippen LogP contribution is 2.25. The first kappa shape index (κ1) is 21.9. The lowest BCUT2D eigenvalue weighted by molar-refractivity contribution is 0.170. The van der Waals surface area contributed by atoms with Crippen molar-refractivity contribution in [3.05, 3.63) is 54.1 Å². The SMILES string of the molecule is COc1ccccc1OCCNC(=O)N1CCN(S(=O)(=O)c2ccc(C)cc2)CC1. The van der Waals surface area contributed by atoms with Crippen molar-refractivity contribution in [3.63, 3.8) is 0 Å². The van der Waals surface area contributed by atoms with E-state index in [1.807, 2.05) is 19.1 Å². The molecule has 2 amide bonds. The second-order valence-electron chi connectivity index (χ2n) is 6.94. The Bertz CT molecular complexity index is 955. The van der Waals surface area contributed by atoms with Crippen LogP contribution in [-0.4, -0.2) is 70.1 Å². The highest BCUT2D eigenvalue weighted by molar-refractivity contribution is 7.89. The Morgan fingerprint density at radius 2 is 1.63 bits per heavy atom. The van der Waals surface area contributed by atoms with Crippen LogP contribution < -0.4 is 14.8 Å². The fraction of sp³-hybridized carbons (Fsp3) is 0.381. The van der Waals surface area contributed by atoms with E-state index >= 15 is 0 Å². The number of benzene rings is 2. The highest BCUT2D eigenvalue weighted by atomic mass is 32.2. The zero-order chi connectivity index (χ0) is 21.6. The molecular weight excluding hydrogens is 406 g/mol. The maximum Gasteiger partial charge on any atom is 0.317 e. The third-order valence-electron chi connectivity index (χ3n) is 4.89. The molecule has 0 saturated carbocycles. The predicted molar refractivity (Wildman–Crippen MR) is 113 cm³/mol. The molecule has 0 aromatic heterocycles. The van der Waals surface area contributed by atoms with Crippen LogP contribution >= 0.6 is 0 Å². The summed E-state index contributed by atoms with van der Waals surface area (Å²) in [5, 5.41) is 2.80. The van der Waals surface area contributed by atoms with Gasteiger partial charge in [-0.3, -0.25) is 0 Å². The summed E-state index contributed by atoms with van der Waals surface area (Å²) in [6.07, 6.45) is 0. The summed E-state index contributed by atoms with van der Waals surface area (Å²) in [5.41, 5.74) is 1.00. The predicted octanol–water partition coefficient (Wildman–Crippen LogP) is 2.10. The van der Waals surface area contributed by atoms with Crippen molar-refractivity contribution in [2.24, 2.45) is 0 Å². The topological polar surface area (TPSA) is 88.2 Å². The van der Waals surface area contributed by atoms with Gasteiger partial charge < -0.3 is 19.7 Å². The summed E-state index contributed by atoms with van der Waals surface area (Å²) in [5.74, 6) is 1.25. The molecule has 1 saturated heterocycles. The molecule has 30 heavy (non-hydrogen) atoms. The fourth-order valence-corrected chi connectivity index (χ4v) is 4.58. The van der Waals surface area contributed by atoms with E-state index in [1.165, 1.54) is 4.31 Å². The number of ether oxygens (including phenoxy) is 2. The zero-order valence-electron chi connectivity index (χ0n) is 17.2. The maximum atomic E-state index is 12.8. The molecule has 0 aliphatic carbocycles. The number of nitrogens with one attached hydrogen (secondary N) is 1. The van der Waals surface area contributed by atoms with Crippen LogP contribution in [0.25, 0.3) is 0 Å². The molecule has 0 unspecified atom stereocenters. The lowest BCUT2D eigenvalue weighted by Gasteiger charge is -2.34. The lowest BCUT2D eigenvalue weighted by atomic mass is 10.2. The van der Waals surface area contributed by atoms with Crippen molar-refractivity contribution >= 4 is 16.1 Å². The Morgan fingerprint density at radius 3 is 2.27 bits per heavy atom. The van der Waals surface area contributed by atoms with Crippen LogP contribution in [0, 0.1) is 6.92 Å². The van der Waals surface area contributed by atoms with E-state index in [0.29, 0.717) is 37.7 Å². The minimum absolute atomic E-state index is 0.231. The minimum atomic E-state index is -3.54. The van der Waals surface area contributed by atoms with Crippen LogP contribution in [0.2, 0.25) is 0 Å². The number of carbonyl (C=O) groups excluding carboxylic acids is 1. The van der Waals surface area contributed by atoms with Crippen molar-refractivity contribution in [2.45, 2.75) is 11.8 Å². The molecule has 2 aromatic carbocycles. The van der Waals surface area contributed by atoms with Gasteiger partial charge >= 0.3 is 6.03 Å². The van der Waals surface area contributed by atoms with Gasteiger partial charge in [-0.15, -0.1) is 0 Å². The van der Waals surface area contributed by atoms with Crippen LogP contribution in [0.5, 0.6) is 11.5 Å². The Kier molecular flexibility index (Phi) is 7.17. The molecule has 1 heterocycles. The number of hydrogen-bond donors (Lipinski definition) is 1. The third kappa shape index (κ3) is 5.22. The second kappa shape index (κ2) is 9.82. The van der Waals surface area contributed by atoms with Gasteiger partial charge in [0.15, 0.2) is 11.5 Å². The zero-order valence-corrected chi connectivity index (χ0v) is 18.0. The molecule has 0 spiro atoms. The number of methoxy groups -OCH3 is 1. The molecule has 2 aromatic rings. The molecule has 0 bridgehead atoms. The van der Waals surface area contributed by atoms with Crippen LogP contribution in [0.15, 0.2) is 53.4 Å². The molecule has 0 atom stereocenters. The summed E-state index contributed by atoms with van der Waals surface area (Å²) >= 11 is 0. The van der Waals surface area contributed by atoms with E-state index < -0.39 is 10.0 Å². The van der Waals surface area contributed by atoms with Crippen molar-refractivity contribution in [2.75, 3.05) is 46.4 Å². The minimum Gasteiger partial charge on any atom is -0.493 e. The van der Waals surface area contributed by atoms with E-state index in [4.69, 9.17) is 9.47 Å². The van der Waals surface area contributed by atoms with Crippen molar-refractivity contribution in [3.8, 4) is 11.5 Å². The van der Waals surface area contributed by atoms with Gasteiger partial charge in [-0.05, 0) is 31.2 Å². The van der Waals surface area contributed by atoms with E-state index in [2.05, 4.69) is 5.32 Å². The van der Waals surface area contributed by atoms with Gasteiger partial charge in [0.05, 0.1) is 18.6 Å². The lowest BCUT2D eigenvalue weighted by Crippen LogP contribution is -2.53. The van der Waals surface area contributed by atoms with Crippen LogP contribution in [0.4, 0.5) is 4.79 Å². The first-order chi connectivity index (χ1) is 14.4. The van der Waals surface area contributed by atoms with E-state index in [1.54, 1.807) is 48.4 Å². The van der Waals surface area contributed by atoms with E-state index in [-0.39, 0.29) is 24.0 Å². The average Bonchev–Trinajstić information content (AvgIpc) is 2.77. The summed E-state index contributed by atoms with van der Waals surface area (Å²) < 4.78 is 37.8. The number of nitrogens with zero attached hydrogens (tertiary/aromatic N) is 2. The summed E-state index contributed by atoms with van der Waals surface area (Å²) in [7, 11) is -1.97. The molecular formula is C21H27N3O5S. The standard InChI is InChI=1S/C21H27N3O5S/c1-17-7-9-18(10-8-17)30(26,27)24-14-12-23(13-15-24)21(25)22-11-16-29-20-6-4-3-5-19(20)28-2/h3-10H,11-16H2,1-2H3,(H,22,25). The number of amides is 2. The van der Waals surface area contributed by atoms with Gasteiger partial charge in [0.25, 0.3) is 0 Å². The number of urea groups is 1. The molecule has 162 valence electrons. The second-order valence-corrected chi connectivity index (χ2v) is 8.87. The number of rotatable bonds is 7. The molecule has 1 fully saturated rings. The molecule has 0 radical (unpaired) electrons. The van der Waals surface area contributed by atoms with Gasteiger partial charge in [0.2, 0.25) is 10.0 Å². The van der Waals surface area contributed by atoms with Gasteiger partial charge in [-0.25, -0.2) is 13.2 Å². The van der Waals surface area contributed by atoms with E-state index in [0.717, 1.165) is 5.56 Å². The Labute approximate surface area is 177 Å². The summed E-state index contributed by atoms with van der Waals surface area (Å²) in [6, 6.07) is 13.9. The molecule has 9 heteroatoms. The highest BCUT2D eigenvalue weighted by Gasteiger charge is 2.29. The van der Waals surface area contributed by atoms with Crippen molar-refractivity contribution in [1.29, 1.82) is 0 Å². The first-order valence-corrected chi connectivity index (χ1v) is 11.2. The average molecular weight is 434 g/mol. The van der Waals surface area contributed by atoms with Crippen LogP contribution in [0.3, 0.4) is 0 Å².